The van der Waals surface area contributed by atoms with Crippen molar-refractivity contribution in [2.75, 3.05) is 32.1 Å². The number of nitrogens with one attached hydrogen (secondary N) is 1. The number of ether oxygens (including phenoxy) is 1. The highest BCUT2D eigenvalue weighted by Crippen LogP contribution is 2.25. The van der Waals surface area contributed by atoms with E-state index in [9.17, 15) is 0 Å². The van der Waals surface area contributed by atoms with Crippen molar-refractivity contribution in [1.82, 2.24) is 5.32 Å². The van der Waals surface area contributed by atoms with Gasteiger partial charge in [-0.2, -0.15) is 0 Å². The average molecular weight is 260 g/mol. The molecule has 0 amide bonds. The van der Waals surface area contributed by atoms with Gasteiger partial charge in [0, 0.05) is 32.2 Å². The number of hydrogen-bond acceptors (Lipinski definition) is 4. The molecule has 0 unspecified atom stereocenters. The Kier molecular flexibility index (Phi) is 4.86. The summed E-state index contributed by atoms with van der Waals surface area (Å²) in [7, 11) is 3.77. The molecule has 2 rings (SSSR count). The molecule has 0 atom stereocenters. The molecule has 1 aromatic carbocycles. The van der Waals surface area contributed by atoms with E-state index in [0.717, 1.165) is 31.1 Å². The molecule has 0 aliphatic rings. The van der Waals surface area contributed by atoms with Crippen molar-refractivity contribution in [3.63, 3.8) is 0 Å². The largest absolute Gasteiger partial charge is 0.495 e. The standard InChI is InChI=1S/C15H20N2O2/c1-17(14-5-3-4-6-15(14)18-2)9-8-16-11-13-7-10-19-12-13/h3-7,10,12,16H,8-9,11H2,1-2H3. The average Bonchev–Trinajstić information content (AvgIpc) is 2.96. The highest BCUT2D eigenvalue weighted by atomic mass is 16.5. The van der Waals surface area contributed by atoms with Crippen LogP contribution in [-0.4, -0.2) is 27.2 Å². The number of furan rings is 1. The fourth-order valence-electron chi connectivity index (χ4n) is 1.94. The van der Waals surface area contributed by atoms with E-state index in [-0.39, 0.29) is 0 Å². The van der Waals surface area contributed by atoms with Gasteiger partial charge in [0.15, 0.2) is 0 Å². The molecule has 0 fully saturated rings. The molecule has 1 aromatic heterocycles. The SMILES string of the molecule is COc1ccccc1N(C)CCNCc1ccoc1. The normalized spacial score (nSPS) is 10.4. The molecule has 1 N–H and O–H groups in total. The summed E-state index contributed by atoms with van der Waals surface area (Å²) < 4.78 is 10.4. The monoisotopic (exact) mass is 260 g/mol. The van der Waals surface area contributed by atoms with Crippen molar-refractivity contribution in [1.29, 1.82) is 0 Å². The zero-order valence-corrected chi connectivity index (χ0v) is 11.4. The second-order valence-electron chi connectivity index (χ2n) is 4.40. The first-order valence-corrected chi connectivity index (χ1v) is 6.37. The lowest BCUT2D eigenvalue weighted by Crippen LogP contribution is -2.29. The van der Waals surface area contributed by atoms with E-state index in [2.05, 4.69) is 23.3 Å². The molecule has 0 spiro atoms. The van der Waals surface area contributed by atoms with Gasteiger partial charge in [0.25, 0.3) is 0 Å². The van der Waals surface area contributed by atoms with E-state index >= 15 is 0 Å². The minimum atomic E-state index is 0.830. The number of para-hydroxylation sites is 2. The van der Waals surface area contributed by atoms with Crippen molar-refractivity contribution in [2.45, 2.75) is 6.54 Å². The summed E-state index contributed by atoms with van der Waals surface area (Å²) in [6.07, 6.45) is 3.45. The third-order valence-corrected chi connectivity index (χ3v) is 3.03. The Morgan fingerprint density at radius 1 is 1.26 bits per heavy atom. The van der Waals surface area contributed by atoms with Gasteiger partial charge >= 0.3 is 0 Å². The Labute approximate surface area is 114 Å². The lowest BCUT2D eigenvalue weighted by atomic mass is 10.2. The molecule has 102 valence electrons. The van der Waals surface area contributed by atoms with E-state index < -0.39 is 0 Å². The minimum absolute atomic E-state index is 0.830. The predicted octanol–water partition coefficient (Wildman–Crippen LogP) is 2.51. The summed E-state index contributed by atoms with van der Waals surface area (Å²) in [5.74, 6) is 0.903. The van der Waals surface area contributed by atoms with Crippen LogP contribution in [0.25, 0.3) is 0 Å². The zero-order chi connectivity index (χ0) is 13.5. The second kappa shape index (κ2) is 6.85. The second-order valence-corrected chi connectivity index (χ2v) is 4.40. The number of nitrogens with zero attached hydrogens (tertiary/aromatic N) is 1. The summed E-state index contributed by atoms with van der Waals surface area (Å²) >= 11 is 0. The molecule has 19 heavy (non-hydrogen) atoms. The summed E-state index contributed by atoms with van der Waals surface area (Å²) in [5.41, 5.74) is 2.27. The van der Waals surface area contributed by atoms with Crippen molar-refractivity contribution in [2.24, 2.45) is 0 Å². The fraction of sp³-hybridized carbons (Fsp3) is 0.333. The van der Waals surface area contributed by atoms with Gasteiger partial charge in [-0.1, -0.05) is 12.1 Å². The van der Waals surface area contributed by atoms with Crippen molar-refractivity contribution in [3.8, 4) is 5.75 Å². The Hall–Kier alpha value is -1.94. The molecule has 0 aliphatic heterocycles. The van der Waals surface area contributed by atoms with Gasteiger partial charge < -0.3 is 19.4 Å². The van der Waals surface area contributed by atoms with Gasteiger partial charge in [0.2, 0.25) is 0 Å². The molecular weight excluding hydrogens is 240 g/mol. The Bertz CT molecular complexity index is 483. The Morgan fingerprint density at radius 3 is 2.84 bits per heavy atom. The highest BCUT2D eigenvalue weighted by Gasteiger charge is 2.06. The van der Waals surface area contributed by atoms with Gasteiger partial charge in [0.05, 0.1) is 25.3 Å². The minimum Gasteiger partial charge on any atom is -0.495 e. The van der Waals surface area contributed by atoms with Crippen LogP contribution in [0.4, 0.5) is 5.69 Å². The third kappa shape index (κ3) is 3.76. The number of rotatable bonds is 7. The van der Waals surface area contributed by atoms with E-state index in [1.807, 2.05) is 24.3 Å². The summed E-state index contributed by atoms with van der Waals surface area (Å²) in [6, 6.07) is 10.0. The molecule has 0 saturated heterocycles. The highest BCUT2D eigenvalue weighted by molar-refractivity contribution is 5.57. The summed E-state index contributed by atoms with van der Waals surface area (Å²) in [6.45, 7) is 2.65. The third-order valence-electron chi connectivity index (χ3n) is 3.03. The number of anilines is 1. The maximum absolute atomic E-state index is 5.36. The van der Waals surface area contributed by atoms with Gasteiger partial charge in [-0.25, -0.2) is 0 Å². The van der Waals surface area contributed by atoms with Crippen LogP contribution < -0.4 is 15.0 Å². The van der Waals surface area contributed by atoms with Crippen LogP contribution in [0.15, 0.2) is 47.3 Å². The van der Waals surface area contributed by atoms with E-state index in [1.165, 1.54) is 5.56 Å². The summed E-state index contributed by atoms with van der Waals surface area (Å²) in [4.78, 5) is 2.18. The van der Waals surface area contributed by atoms with Crippen molar-refractivity contribution < 1.29 is 9.15 Å². The van der Waals surface area contributed by atoms with E-state index in [4.69, 9.17) is 9.15 Å². The van der Waals surface area contributed by atoms with Crippen LogP contribution in [0.5, 0.6) is 5.75 Å². The number of methoxy groups -OCH3 is 1. The first-order valence-electron chi connectivity index (χ1n) is 6.37. The van der Waals surface area contributed by atoms with E-state index in [0.29, 0.717) is 0 Å². The molecule has 4 nitrogen and oxygen atoms in total. The molecule has 1 heterocycles. The molecule has 0 aliphatic carbocycles. The van der Waals surface area contributed by atoms with Crippen LogP contribution in [-0.2, 0) is 6.54 Å². The van der Waals surface area contributed by atoms with Crippen LogP contribution in [0.1, 0.15) is 5.56 Å². The fourth-order valence-corrected chi connectivity index (χ4v) is 1.94. The zero-order valence-electron chi connectivity index (χ0n) is 11.4. The Morgan fingerprint density at radius 2 is 2.11 bits per heavy atom. The van der Waals surface area contributed by atoms with Crippen LogP contribution in [0, 0.1) is 0 Å². The maximum atomic E-state index is 5.36. The van der Waals surface area contributed by atoms with Crippen molar-refractivity contribution in [3.05, 3.63) is 48.4 Å². The Balaban J connectivity index is 1.79. The van der Waals surface area contributed by atoms with Crippen LogP contribution >= 0.6 is 0 Å². The number of benzene rings is 1. The van der Waals surface area contributed by atoms with Crippen LogP contribution in [0.3, 0.4) is 0 Å². The molecule has 0 bridgehead atoms. The van der Waals surface area contributed by atoms with Gasteiger partial charge in [0.1, 0.15) is 5.75 Å². The topological polar surface area (TPSA) is 37.6 Å². The van der Waals surface area contributed by atoms with Gasteiger partial charge in [-0.05, 0) is 18.2 Å². The lowest BCUT2D eigenvalue weighted by molar-refractivity contribution is 0.414. The van der Waals surface area contributed by atoms with Crippen molar-refractivity contribution >= 4 is 5.69 Å². The summed E-state index contributed by atoms with van der Waals surface area (Å²) in [5, 5.41) is 3.38. The predicted molar refractivity (Wildman–Crippen MR) is 76.7 cm³/mol. The molecule has 4 heteroatoms. The van der Waals surface area contributed by atoms with Gasteiger partial charge in [-0.15, -0.1) is 0 Å². The maximum Gasteiger partial charge on any atom is 0.142 e. The first kappa shape index (κ1) is 13.5. The quantitative estimate of drug-likeness (QED) is 0.776. The molecule has 0 saturated carbocycles. The molecule has 2 aromatic rings. The number of likely N-dealkylation sites (N-methyl/N-ethyl adjacent to an activating group) is 1. The smallest absolute Gasteiger partial charge is 0.142 e. The molecular formula is C15H20N2O2. The first-order chi connectivity index (χ1) is 9.31. The lowest BCUT2D eigenvalue weighted by Gasteiger charge is -2.21. The van der Waals surface area contributed by atoms with Crippen LogP contribution in [0.2, 0.25) is 0 Å². The van der Waals surface area contributed by atoms with Gasteiger partial charge in [-0.3, -0.25) is 0 Å². The molecule has 0 radical (unpaired) electrons. The van der Waals surface area contributed by atoms with E-state index in [1.54, 1.807) is 19.6 Å². The number of hydrogen-bond donors (Lipinski definition) is 1.